The fourth-order valence-electron chi connectivity index (χ4n) is 3.75. The molecule has 1 aromatic heterocycles. The molecular formula is C25H24ClNO5S. The van der Waals surface area contributed by atoms with Crippen LogP contribution in [0.15, 0.2) is 47.8 Å². The standard InChI is InChI=1S/C25H24ClNO5S/c1-14-13-33-21(27-14)9-6-15-2-4-16(5-3-15)10-18-11-17(7-8-19(18)26)25-24(31)23(30)22(29)20(12-28)32-25/h2-5,7-8,11,13,20,22-25,28-31H,10,12H2,1H3/t20-,22-,23+,24-,25+/m1/s1. The van der Waals surface area contributed by atoms with Crippen molar-refractivity contribution in [2.45, 2.75) is 43.9 Å². The van der Waals surface area contributed by atoms with E-state index in [-0.39, 0.29) is 0 Å². The van der Waals surface area contributed by atoms with Crippen LogP contribution in [0.2, 0.25) is 5.02 Å². The van der Waals surface area contributed by atoms with Crippen molar-refractivity contribution in [2.24, 2.45) is 0 Å². The van der Waals surface area contributed by atoms with Gasteiger partial charge in [0.15, 0.2) is 5.01 Å². The molecule has 172 valence electrons. The number of benzene rings is 2. The molecule has 1 aliphatic rings. The number of hydrogen-bond donors (Lipinski definition) is 4. The Morgan fingerprint density at radius 2 is 1.79 bits per heavy atom. The number of aromatic nitrogens is 1. The number of ether oxygens (including phenoxy) is 1. The number of nitrogens with zero attached hydrogens (tertiary/aromatic N) is 1. The van der Waals surface area contributed by atoms with E-state index in [1.165, 1.54) is 11.3 Å². The van der Waals surface area contributed by atoms with Gasteiger partial charge in [-0.1, -0.05) is 41.8 Å². The van der Waals surface area contributed by atoms with Gasteiger partial charge in [-0.2, -0.15) is 0 Å². The summed E-state index contributed by atoms with van der Waals surface area (Å²) >= 11 is 7.94. The van der Waals surface area contributed by atoms with Crippen LogP contribution in [-0.4, -0.2) is 56.4 Å². The number of thiazole rings is 1. The monoisotopic (exact) mass is 485 g/mol. The summed E-state index contributed by atoms with van der Waals surface area (Å²) in [6.07, 6.45) is -5.48. The number of aliphatic hydroxyl groups excluding tert-OH is 4. The Morgan fingerprint density at radius 1 is 1.03 bits per heavy atom. The molecule has 0 aliphatic carbocycles. The largest absolute Gasteiger partial charge is 0.394 e. The number of halogens is 1. The quantitative estimate of drug-likeness (QED) is 0.424. The van der Waals surface area contributed by atoms with Gasteiger partial charge in [0, 0.05) is 21.7 Å². The first-order chi connectivity index (χ1) is 15.9. The van der Waals surface area contributed by atoms with Gasteiger partial charge in [-0.3, -0.25) is 0 Å². The topological polar surface area (TPSA) is 103 Å². The summed E-state index contributed by atoms with van der Waals surface area (Å²) in [6, 6.07) is 13.1. The lowest BCUT2D eigenvalue weighted by Gasteiger charge is -2.40. The molecule has 1 fully saturated rings. The van der Waals surface area contributed by atoms with Crippen LogP contribution in [0.25, 0.3) is 0 Å². The van der Waals surface area contributed by atoms with Crippen molar-refractivity contribution in [2.75, 3.05) is 6.61 Å². The van der Waals surface area contributed by atoms with E-state index >= 15 is 0 Å². The molecule has 33 heavy (non-hydrogen) atoms. The maximum absolute atomic E-state index is 10.4. The SMILES string of the molecule is Cc1csc(C#Cc2ccc(Cc3cc([C@@H]4O[C@H](CO)[C@@H](O)[C@H](O)[C@H]4O)ccc3Cl)cc2)n1. The molecule has 2 heterocycles. The highest BCUT2D eigenvalue weighted by Crippen LogP contribution is 2.34. The van der Waals surface area contributed by atoms with Crippen molar-refractivity contribution in [3.8, 4) is 11.8 Å². The Kier molecular flexibility index (Phi) is 7.47. The lowest BCUT2D eigenvalue weighted by atomic mass is 9.90. The molecule has 0 unspecified atom stereocenters. The van der Waals surface area contributed by atoms with E-state index in [0.717, 1.165) is 27.4 Å². The van der Waals surface area contributed by atoms with Crippen LogP contribution in [0.1, 0.15) is 39.1 Å². The van der Waals surface area contributed by atoms with Crippen LogP contribution in [0.4, 0.5) is 0 Å². The van der Waals surface area contributed by atoms with E-state index in [1.54, 1.807) is 12.1 Å². The third-order valence-electron chi connectivity index (χ3n) is 5.57. The molecule has 4 rings (SSSR count). The average Bonchev–Trinajstić information content (AvgIpc) is 3.24. The smallest absolute Gasteiger partial charge is 0.167 e. The number of aryl methyl sites for hydroxylation is 1. The van der Waals surface area contributed by atoms with Crippen LogP contribution in [0.3, 0.4) is 0 Å². The van der Waals surface area contributed by atoms with E-state index in [0.29, 0.717) is 17.0 Å². The zero-order valence-electron chi connectivity index (χ0n) is 17.9. The Balaban J connectivity index is 1.51. The van der Waals surface area contributed by atoms with E-state index in [2.05, 4.69) is 16.8 Å². The molecule has 0 saturated carbocycles. The van der Waals surface area contributed by atoms with Crippen LogP contribution >= 0.6 is 22.9 Å². The molecule has 0 amide bonds. The van der Waals surface area contributed by atoms with Crippen LogP contribution in [0, 0.1) is 18.8 Å². The molecule has 3 aromatic rings. The highest BCUT2D eigenvalue weighted by atomic mass is 35.5. The normalized spacial score (nSPS) is 24.8. The second kappa shape index (κ2) is 10.3. The molecule has 2 aromatic carbocycles. The van der Waals surface area contributed by atoms with Gasteiger partial charge >= 0.3 is 0 Å². The fourth-order valence-corrected chi connectivity index (χ4v) is 4.57. The molecular weight excluding hydrogens is 462 g/mol. The molecule has 5 atom stereocenters. The van der Waals surface area contributed by atoms with E-state index in [4.69, 9.17) is 16.3 Å². The zero-order valence-corrected chi connectivity index (χ0v) is 19.4. The average molecular weight is 486 g/mol. The van der Waals surface area contributed by atoms with Gasteiger partial charge in [-0.15, -0.1) is 11.3 Å². The highest BCUT2D eigenvalue weighted by molar-refractivity contribution is 7.10. The second-order valence-corrected chi connectivity index (χ2v) is 9.28. The zero-order chi connectivity index (χ0) is 23.5. The lowest BCUT2D eigenvalue weighted by molar-refractivity contribution is -0.231. The van der Waals surface area contributed by atoms with Crippen molar-refractivity contribution < 1.29 is 25.2 Å². The van der Waals surface area contributed by atoms with Crippen molar-refractivity contribution in [1.82, 2.24) is 4.98 Å². The molecule has 4 N–H and O–H groups in total. The number of hydrogen-bond acceptors (Lipinski definition) is 7. The number of aliphatic hydroxyl groups is 4. The van der Waals surface area contributed by atoms with Crippen LogP contribution in [0.5, 0.6) is 0 Å². The minimum absolute atomic E-state index is 0.473. The van der Waals surface area contributed by atoms with Gasteiger partial charge in [-0.05, 0) is 54.2 Å². The highest BCUT2D eigenvalue weighted by Gasteiger charge is 2.44. The first-order valence-electron chi connectivity index (χ1n) is 10.5. The summed E-state index contributed by atoms with van der Waals surface area (Å²) in [6.45, 7) is 1.47. The predicted molar refractivity (Wildman–Crippen MR) is 126 cm³/mol. The van der Waals surface area contributed by atoms with Crippen LogP contribution < -0.4 is 0 Å². The molecule has 0 spiro atoms. The molecule has 8 heteroatoms. The summed E-state index contributed by atoms with van der Waals surface area (Å²) in [5.74, 6) is 6.18. The Morgan fingerprint density at radius 3 is 2.45 bits per heavy atom. The van der Waals surface area contributed by atoms with E-state index in [1.807, 2.05) is 42.6 Å². The first-order valence-corrected chi connectivity index (χ1v) is 11.7. The van der Waals surface area contributed by atoms with E-state index < -0.39 is 37.1 Å². The van der Waals surface area contributed by atoms with Gasteiger partial charge < -0.3 is 25.2 Å². The minimum Gasteiger partial charge on any atom is -0.394 e. The molecule has 1 aliphatic heterocycles. The lowest BCUT2D eigenvalue weighted by Crippen LogP contribution is -2.55. The Labute approximate surface area is 201 Å². The predicted octanol–water partition coefficient (Wildman–Crippen LogP) is 2.61. The van der Waals surface area contributed by atoms with Crippen molar-refractivity contribution in [3.63, 3.8) is 0 Å². The van der Waals surface area contributed by atoms with Gasteiger partial charge in [0.25, 0.3) is 0 Å². The van der Waals surface area contributed by atoms with Crippen molar-refractivity contribution in [3.05, 3.63) is 85.8 Å². The summed E-state index contributed by atoms with van der Waals surface area (Å²) in [5.41, 5.74) is 4.30. The molecule has 1 saturated heterocycles. The maximum atomic E-state index is 10.4. The van der Waals surface area contributed by atoms with Gasteiger partial charge in [0.2, 0.25) is 0 Å². The van der Waals surface area contributed by atoms with Gasteiger partial charge in [0.1, 0.15) is 30.5 Å². The fraction of sp³-hybridized carbons (Fsp3) is 0.320. The second-order valence-electron chi connectivity index (χ2n) is 8.02. The van der Waals surface area contributed by atoms with Gasteiger partial charge in [0.05, 0.1) is 6.61 Å². The third-order valence-corrected chi connectivity index (χ3v) is 6.82. The Bertz CT molecular complexity index is 1170. The van der Waals surface area contributed by atoms with Gasteiger partial charge in [-0.25, -0.2) is 4.98 Å². The Hall–Kier alpha value is -2.28. The first kappa shape index (κ1) is 23.9. The summed E-state index contributed by atoms with van der Waals surface area (Å²) in [7, 11) is 0. The summed E-state index contributed by atoms with van der Waals surface area (Å²) in [4.78, 5) is 4.34. The number of rotatable bonds is 4. The van der Waals surface area contributed by atoms with E-state index in [9.17, 15) is 20.4 Å². The van der Waals surface area contributed by atoms with Crippen molar-refractivity contribution in [1.29, 1.82) is 0 Å². The van der Waals surface area contributed by atoms with Crippen LogP contribution in [-0.2, 0) is 11.2 Å². The molecule has 0 bridgehead atoms. The maximum Gasteiger partial charge on any atom is 0.167 e. The third kappa shape index (κ3) is 5.45. The summed E-state index contributed by atoms with van der Waals surface area (Å²) in [5, 5.41) is 43.3. The van der Waals surface area contributed by atoms with Crippen molar-refractivity contribution >= 4 is 22.9 Å². The molecule has 6 nitrogen and oxygen atoms in total. The molecule has 0 radical (unpaired) electrons. The minimum atomic E-state index is -1.43. The summed E-state index contributed by atoms with van der Waals surface area (Å²) < 4.78 is 5.67.